The molecule has 0 spiro atoms. The maximum Gasteiger partial charge on any atom is 0.244 e. The average Bonchev–Trinajstić information content (AvgIpc) is 3.44. The zero-order chi connectivity index (χ0) is 29.6. The highest BCUT2D eigenvalue weighted by atomic mass is 35.5. The molecule has 7 nitrogen and oxygen atoms in total. The van der Waals surface area contributed by atoms with Crippen LogP contribution in [0.15, 0.2) is 72.8 Å². The normalized spacial score (nSPS) is 14.4. The number of carbonyl (C=O) groups is 2. The molecule has 1 aliphatic rings. The van der Waals surface area contributed by atoms with Gasteiger partial charge >= 0.3 is 0 Å². The van der Waals surface area contributed by atoms with E-state index in [4.69, 9.17) is 23.2 Å². The maximum atomic E-state index is 14.2. The van der Waals surface area contributed by atoms with E-state index in [0.29, 0.717) is 21.3 Å². The summed E-state index contributed by atoms with van der Waals surface area (Å²) in [6.45, 7) is 1.42. The number of hydrogen-bond donors (Lipinski definition) is 1. The lowest BCUT2D eigenvalue weighted by atomic mass is 10.0. The standard InChI is InChI=1S/C31H35Cl2N3O4S/c1-22-12-16-27(17-13-22)36(41(2,39)40)21-30(37)35(20-24-14-15-25(32)19-28(24)33)29(18-23-8-4-3-5-9-23)31(38)34-26-10-6-7-11-26/h3-5,8-9,12-17,19,26,29H,6-7,10-11,18,20-21H2,1-2H3,(H,34,38)/t29-/m1/s1. The first kappa shape index (κ1) is 30.9. The third kappa shape index (κ3) is 8.47. The van der Waals surface area contributed by atoms with E-state index in [0.717, 1.165) is 47.4 Å². The number of nitrogens with zero attached hydrogens (tertiary/aromatic N) is 2. The molecule has 0 radical (unpaired) electrons. The smallest absolute Gasteiger partial charge is 0.244 e. The van der Waals surface area contributed by atoms with Crippen molar-refractivity contribution in [3.63, 3.8) is 0 Å². The molecule has 3 aromatic rings. The fourth-order valence-electron chi connectivity index (χ4n) is 5.08. The highest BCUT2D eigenvalue weighted by molar-refractivity contribution is 7.92. The minimum Gasteiger partial charge on any atom is -0.352 e. The summed E-state index contributed by atoms with van der Waals surface area (Å²) < 4.78 is 26.8. The minimum atomic E-state index is -3.83. The number of nitrogens with one attached hydrogen (secondary N) is 1. The monoisotopic (exact) mass is 615 g/mol. The molecule has 1 fully saturated rings. The van der Waals surface area contributed by atoms with Crippen molar-refractivity contribution in [2.45, 2.75) is 57.7 Å². The van der Waals surface area contributed by atoms with Crippen LogP contribution in [0.25, 0.3) is 0 Å². The van der Waals surface area contributed by atoms with E-state index in [2.05, 4.69) is 5.32 Å². The third-order valence-electron chi connectivity index (χ3n) is 7.33. The summed E-state index contributed by atoms with van der Waals surface area (Å²) in [6, 6.07) is 20.5. The topological polar surface area (TPSA) is 86.8 Å². The molecule has 0 bridgehead atoms. The Balaban J connectivity index is 1.74. The Morgan fingerprint density at radius 3 is 2.24 bits per heavy atom. The second-order valence-electron chi connectivity index (χ2n) is 10.6. The Labute approximate surface area is 252 Å². The Morgan fingerprint density at radius 2 is 1.63 bits per heavy atom. The van der Waals surface area contributed by atoms with Gasteiger partial charge < -0.3 is 10.2 Å². The van der Waals surface area contributed by atoms with Gasteiger partial charge in [-0.2, -0.15) is 0 Å². The van der Waals surface area contributed by atoms with Crippen LogP contribution in [0.5, 0.6) is 0 Å². The number of amides is 2. The Hall–Kier alpha value is -3.07. The summed E-state index contributed by atoms with van der Waals surface area (Å²) in [4.78, 5) is 29.5. The van der Waals surface area contributed by atoms with Crippen molar-refractivity contribution in [3.05, 3.63) is 99.5 Å². The van der Waals surface area contributed by atoms with E-state index in [9.17, 15) is 18.0 Å². The molecule has 1 atom stereocenters. The highest BCUT2D eigenvalue weighted by Crippen LogP contribution is 2.26. The largest absolute Gasteiger partial charge is 0.352 e. The third-order valence-corrected chi connectivity index (χ3v) is 9.06. The molecule has 1 N–H and O–H groups in total. The SMILES string of the molecule is Cc1ccc(N(CC(=O)N(Cc2ccc(Cl)cc2Cl)[C@H](Cc2ccccc2)C(=O)NC2CCCC2)S(C)(=O)=O)cc1. The molecule has 2 amide bonds. The Morgan fingerprint density at radius 1 is 0.976 bits per heavy atom. The second-order valence-corrected chi connectivity index (χ2v) is 13.3. The molecule has 0 aliphatic heterocycles. The van der Waals surface area contributed by atoms with Crippen molar-refractivity contribution in [2.75, 3.05) is 17.1 Å². The zero-order valence-electron chi connectivity index (χ0n) is 23.2. The van der Waals surface area contributed by atoms with Gasteiger partial charge in [0.1, 0.15) is 12.6 Å². The van der Waals surface area contributed by atoms with Gasteiger partial charge in [0.25, 0.3) is 0 Å². The van der Waals surface area contributed by atoms with Crippen LogP contribution in [0.3, 0.4) is 0 Å². The molecule has 10 heteroatoms. The first-order chi connectivity index (χ1) is 19.5. The van der Waals surface area contributed by atoms with Crippen molar-refractivity contribution < 1.29 is 18.0 Å². The summed E-state index contributed by atoms with van der Waals surface area (Å²) in [5, 5.41) is 3.94. The number of rotatable bonds is 11. The minimum absolute atomic E-state index is 0.00405. The van der Waals surface area contributed by atoms with Crippen LogP contribution in [0, 0.1) is 6.92 Å². The lowest BCUT2D eigenvalue weighted by Crippen LogP contribution is -2.54. The van der Waals surface area contributed by atoms with Gasteiger partial charge in [-0.3, -0.25) is 13.9 Å². The van der Waals surface area contributed by atoms with Crippen molar-refractivity contribution in [1.29, 1.82) is 0 Å². The molecule has 0 unspecified atom stereocenters. The van der Waals surface area contributed by atoms with Crippen molar-refractivity contribution in [3.8, 4) is 0 Å². The van der Waals surface area contributed by atoms with Crippen molar-refractivity contribution >= 4 is 50.7 Å². The van der Waals surface area contributed by atoms with Crippen LogP contribution < -0.4 is 9.62 Å². The van der Waals surface area contributed by atoms with Crippen LogP contribution >= 0.6 is 23.2 Å². The number of aryl methyl sites for hydroxylation is 1. The summed E-state index contributed by atoms with van der Waals surface area (Å²) >= 11 is 12.6. The van der Waals surface area contributed by atoms with E-state index in [-0.39, 0.29) is 24.9 Å². The molecule has 1 saturated carbocycles. The number of anilines is 1. The van der Waals surface area contributed by atoms with Crippen LogP contribution in [0.2, 0.25) is 10.0 Å². The zero-order valence-corrected chi connectivity index (χ0v) is 25.6. The molecule has 218 valence electrons. The molecule has 3 aromatic carbocycles. The molecule has 0 aromatic heterocycles. The molecule has 0 heterocycles. The molecular weight excluding hydrogens is 581 g/mol. The van der Waals surface area contributed by atoms with Crippen LogP contribution in [0.1, 0.15) is 42.4 Å². The van der Waals surface area contributed by atoms with E-state index < -0.39 is 28.5 Å². The van der Waals surface area contributed by atoms with Gasteiger partial charge in [-0.25, -0.2) is 8.42 Å². The second kappa shape index (κ2) is 13.7. The van der Waals surface area contributed by atoms with E-state index in [1.807, 2.05) is 37.3 Å². The van der Waals surface area contributed by atoms with Crippen molar-refractivity contribution in [2.24, 2.45) is 0 Å². The fourth-order valence-corrected chi connectivity index (χ4v) is 6.40. The number of carbonyl (C=O) groups excluding carboxylic acids is 2. The van der Waals surface area contributed by atoms with Gasteiger partial charge in [-0.15, -0.1) is 0 Å². The van der Waals surface area contributed by atoms with Gasteiger partial charge in [-0.05, 0) is 55.2 Å². The molecule has 4 rings (SSSR count). The van der Waals surface area contributed by atoms with Gasteiger partial charge in [-0.1, -0.05) is 90.1 Å². The van der Waals surface area contributed by atoms with Gasteiger partial charge in [0.05, 0.1) is 11.9 Å². The quantitative estimate of drug-likeness (QED) is 0.297. The summed E-state index contributed by atoms with van der Waals surface area (Å²) in [5.74, 6) is -0.801. The Kier molecular flexibility index (Phi) is 10.3. The number of hydrogen-bond acceptors (Lipinski definition) is 4. The first-order valence-electron chi connectivity index (χ1n) is 13.6. The predicted octanol–water partition coefficient (Wildman–Crippen LogP) is 5.77. The maximum absolute atomic E-state index is 14.2. The summed E-state index contributed by atoms with van der Waals surface area (Å²) in [7, 11) is -3.83. The summed E-state index contributed by atoms with van der Waals surface area (Å²) in [6.07, 6.45) is 5.16. The molecular formula is C31H35Cl2N3O4S. The molecule has 41 heavy (non-hydrogen) atoms. The van der Waals surface area contributed by atoms with Gasteiger partial charge in [0.2, 0.25) is 21.8 Å². The number of sulfonamides is 1. The lowest BCUT2D eigenvalue weighted by Gasteiger charge is -2.34. The van der Waals surface area contributed by atoms with E-state index >= 15 is 0 Å². The molecule has 1 aliphatic carbocycles. The number of benzene rings is 3. The van der Waals surface area contributed by atoms with Crippen LogP contribution in [-0.4, -0.2) is 50.0 Å². The fraction of sp³-hybridized carbons (Fsp3) is 0.355. The van der Waals surface area contributed by atoms with Gasteiger partial charge in [0, 0.05) is 29.1 Å². The van der Waals surface area contributed by atoms with E-state index in [1.165, 1.54) is 4.90 Å². The highest BCUT2D eigenvalue weighted by Gasteiger charge is 2.34. The average molecular weight is 617 g/mol. The molecule has 0 saturated heterocycles. The lowest BCUT2D eigenvalue weighted by molar-refractivity contribution is -0.140. The van der Waals surface area contributed by atoms with Crippen molar-refractivity contribution in [1.82, 2.24) is 10.2 Å². The summed E-state index contributed by atoms with van der Waals surface area (Å²) in [5.41, 5.74) is 2.79. The Bertz CT molecular complexity index is 1460. The van der Waals surface area contributed by atoms with E-state index in [1.54, 1.807) is 42.5 Å². The van der Waals surface area contributed by atoms with Crippen LogP contribution in [0.4, 0.5) is 5.69 Å². The van der Waals surface area contributed by atoms with Crippen LogP contribution in [-0.2, 0) is 32.6 Å². The first-order valence-corrected chi connectivity index (χ1v) is 16.2. The number of halogens is 2. The van der Waals surface area contributed by atoms with Gasteiger partial charge in [0.15, 0.2) is 0 Å². The predicted molar refractivity (Wildman–Crippen MR) is 165 cm³/mol.